The summed E-state index contributed by atoms with van der Waals surface area (Å²) < 4.78 is 0. The van der Waals surface area contributed by atoms with Crippen molar-refractivity contribution in [3.05, 3.63) is 35.9 Å². The van der Waals surface area contributed by atoms with Crippen LogP contribution < -0.4 is 16.2 Å². The van der Waals surface area contributed by atoms with Crippen molar-refractivity contribution in [1.29, 1.82) is 0 Å². The molecule has 15 heavy (non-hydrogen) atoms. The molecule has 3 N–H and O–H groups in total. The predicted octanol–water partition coefficient (Wildman–Crippen LogP) is -0.120. The van der Waals surface area contributed by atoms with Gasteiger partial charge in [-0.05, 0) is 12.1 Å². The summed E-state index contributed by atoms with van der Waals surface area (Å²) >= 11 is 0. The number of nitrogens with zero attached hydrogens (tertiary/aromatic N) is 1. The average molecular weight is 204 g/mol. The number of benzene rings is 1. The van der Waals surface area contributed by atoms with Crippen LogP contribution in [0, 0.1) is 0 Å². The lowest BCUT2D eigenvalue weighted by Gasteiger charge is -2.07. The molecule has 5 nitrogen and oxygen atoms in total. The van der Waals surface area contributed by atoms with Gasteiger partial charge in [0, 0.05) is 12.1 Å². The lowest BCUT2D eigenvalue weighted by atomic mass is 10.2. The van der Waals surface area contributed by atoms with Crippen molar-refractivity contribution < 1.29 is 4.79 Å². The molecule has 0 saturated carbocycles. The molecule has 1 heterocycles. The molecule has 0 radical (unpaired) electrons. The van der Waals surface area contributed by atoms with E-state index in [0.29, 0.717) is 11.5 Å². The minimum atomic E-state index is -0.174. The minimum absolute atomic E-state index is 0.174. The van der Waals surface area contributed by atoms with Gasteiger partial charge in [0.2, 0.25) is 5.96 Å². The topological polar surface area (TPSA) is 65.5 Å². The van der Waals surface area contributed by atoms with Crippen LogP contribution in [-0.2, 0) is 0 Å². The monoisotopic (exact) mass is 204 g/mol. The number of aliphatic imine (C=N–C) groups is 1. The van der Waals surface area contributed by atoms with Gasteiger partial charge in [-0.25, -0.2) is 0 Å². The zero-order valence-electron chi connectivity index (χ0n) is 8.16. The van der Waals surface area contributed by atoms with Gasteiger partial charge in [-0.15, -0.1) is 0 Å². The van der Waals surface area contributed by atoms with E-state index in [4.69, 9.17) is 0 Å². The maximum atomic E-state index is 11.5. The number of carbonyl (C=O) groups is 1. The van der Waals surface area contributed by atoms with Crippen molar-refractivity contribution in [3.63, 3.8) is 0 Å². The highest BCUT2D eigenvalue weighted by atomic mass is 16.2. The number of guanidine groups is 1. The van der Waals surface area contributed by atoms with Gasteiger partial charge in [-0.3, -0.25) is 20.6 Å². The predicted molar refractivity (Wildman–Crippen MR) is 57.3 cm³/mol. The maximum absolute atomic E-state index is 11.5. The van der Waals surface area contributed by atoms with Crippen LogP contribution >= 0.6 is 0 Å². The number of carbonyl (C=O) groups excluding carboxylic acids is 1. The first-order chi connectivity index (χ1) is 7.36. The maximum Gasteiger partial charge on any atom is 0.269 e. The summed E-state index contributed by atoms with van der Waals surface area (Å²) in [6.45, 7) is 1.55. The van der Waals surface area contributed by atoms with Crippen LogP contribution in [0.3, 0.4) is 0 Å². The fourth-order valence-electron chi connectivity index (χ4n) is 1.26. The van der Waals surface area contributed by atoms with Gasteiger partial charge in [0.1, 0.15) is 0 Å². The summed E-state index contributed by atoms with van der Waals surface area (Å²) in [5.41, 5.74) is 5.89. The van der Waals surface area contributed by atoms with Crippen molar-refractivity contribution in [2.24, 2.45) is 4.99 Å². The lowest BCUT2D eigenvalue weighted by Crippen LogP contribution is -2.46. The van der Waals surface area contributed by atoms with E-state index >= 15 is 0 Å². The Morgan fingerprint density at radius 3 is 2.80 bits per heavy atom. The van der Waals surface area contributed by atoms with Gasteiger partial charge >= 0.3 is 0 Å². The Bertz CT molecular complexity index is 374. The van der Waals surface area contributed by atoms with E-state index in [1.807, 2.05) is 18.2 Å². The normalized spacial score (nSPS) is 14.0. The third kappa shape index (κ3) is 2.46. The molecule has 0 aromatic heterocycles. The van der Waals surface area contributed by atoms with Crippen LogP contribution in [0.4, 0.5) is 0 Å². The molecule has 0 atom stereocenters. The van der Waals surface area contributed by atoms with Gasteiger partial charge in [0.15, 0.2) is 0 Å². The fourth-order valence-corrected chi connectivity index (χ4v) is 1.26. The Balaban J connectivity index is 1.87. The van der Waals surface area contributed by atoms with Gasteiger partial charge in [0.05, 0.1) is 6.54 Å². The molecule has 1 aliphatic heterocycles. The summed E-state index contributed by atoms with van der Waals surface area (Å²) in [6.07, 6.45) is 0. The van der Waals surface area contributed by atoms with Gasteiger partial charge < -0.3 is 5.32 Å². The molecule has 5 heteroatoms. The molecule has 0 fully saturated rings. The SMILES string of the molecule is O=C(NNC1=NCCN1)c1ccccc1. The quantitative estimate of drug-likeness (QED) is 0.559. The second-order valence-electron chi connectivity index (χ2n) is 3.10. The highest BCUT2D eigenvalue weighted by molar-refractivity contribution is 5.95. The van der Waals surface area contributed by atoms with Crippen LogP contribution in [0.25, 0.3) is 0 Å². The molecule has 1 aromatic carbocycles. The number of hydrogen-bond acceptors (Lipinski definition) is 4. The fraction of sp³-hybridized carbons (Fsp3) is 0.200. The molecule has 0 spiro atoms. The zero-order valence-corrected chi connectivity index (χ0v) is 8.16. The molecule has 1 amide bonds. The second kappa shape index (κ2) is 4.45. The van der Waals surface area contributed by atoms with Crippen LogP contribution in [0.2, 0.25) is 0 Å². The minimum Gasteiger partial charge on any atom is -0.353 e. The number of hydrogen-bond donors (Lipinski definition) is 3. The molecule has 1 aromatic rings. The van der Waals surface area contributed by atoms with Crippen molar-refractivity contribution in [3.8, 4) is 0 Å². The van der Waals surface area contributed by atoms with Crippen LogP contribution in [-0.4, -0.2) is 25.0 Å². The Kier molecular flexibility index (Phi) is 2.82. The molecular weight excluding hydrogens is 192 g/mol. The average Bonchev–Trinajstić information content (AvgIpc) is 2.80. The van der Waals surface area contributed by atoms with E-state index in [1.165, 1.54) is 0 Å². The van der Waals surface area contributed by atoms with Crippen LogP contribution in [0.5, 0.6) is 0 Å². The Morgan fingerprint density at radius 1 is 1.33 bits per heavy atom. The first-order valence-electron chi connectivity index (χ1n) is 4.76. The number of nitrogens with one attached hydrogen (secondary N) is 3. The Morgan fingerprint density at radius 2 is 2.13 bits per heavy atom. The standard InChI is InChI=1S/C10H12N4O/c15-9(8-4-2-1-3-5-8)13-14-10-11-6-7-12-10/h1-5H,6-7H2,(H,13,15)(H2,11,12,14). The van der Waals surface area contributed by atoms with Gasteiger partial charge in [0.25, 0.3) is 5.91 Å². The number of hydrazine groups is 1. The second-order valence-corrected chi connectivity index (χ2v) is 3.10. The molecule has 0 bridgehead atoms. The molecular formula is C10H12N4O. The smallest absolute Gasteiger partial charge is 0.269 e. The van der Waals surface area contributed by atoms with Gasteiger partial charge in [-0.2, -0.15) is 0 Å². The molecule has 0 saturated heterocycles. The third-order valence-electron chi connectivity index (χ3n) is 2.00. The lowest BCUT2D eigenvalue weighted by molar-refractivity contribution is 0.0943. The highest BCUT2D eigenvalue weighted by Crippen LogP contribution is 1.96. The largest absolute Gasteiger partial charge is 0.353 e. The Labute approximate surface area is 87.6 Å². The Hall–Kier alpha value is -2.04. The van der Waals surface area contributed by atoms with Crippen molar-refractivity contribution in [1.82, 2.24) is 16.2 Å². The summed E-state index contributed by atoms with van der Waals surface area (Å²) in [7, 11) is 0. The first kappa shape index (κ1) is 9.51. The summed E-state index contributed by atoms with van der Waals surface area (Å²) in [5, 5.41) is 2.99. The van der Waals surface area contributed by atoms with E-state index < -0.39 is 0 Å². The van der Waals surface area contributed by atoms with E-state index in [9.17, 15) is 4.79 Å². The van der Waals surface area contributed by atoms with E-state index in [-0.39, 0.29) is 5.91 Å². The zero-order chi connectivity index (χ0) is 10.5. The van der Waals surface area contributed by atoms with Crippen molar-refractivity contribution in [2.45, 2.75) is 0 Å². The van der Waals surface area contributed by atoms with E-state index in [0.717, 1.165) is 13.1 Å². The van der Waals surface area contributed by atoms with Gasteiger partial charge in [-0.1, -0.05) is 18.2 Å². The van der Waals surface area contributed by atoms with Crippen LogP contribution in [0.1, 0.15) is 10.4 Å². The summed E-state index contributed by atoms with van der Waals surface area (Å²) in [5.74, 6) is 0.436. The van der Waals surface area contributed by atoms with Crippen molar-refractivity contribution >= 4 is 11.9 Å². The van der Waals surface area contributed by atoms with Crippen molar-refractivity contribution in [2.75, 3.05) is 13.1 Å². The molecule has 0 aliphatic carbocycles. The molecule has 1 aliphatic rings. The van der Waals surface area contributed by atoms with E-state index in [1.54, 1.807) is 12.1 Å². The summed E-state index contributed by atoms with van der Waals surface area (Å²) in [6, 6.07) is 9.01. The summed E-state index contributed by atoms with van der Waals surface area (Å²) in [4.78, 5) is 15.6. The molecule has 78 valence electrons. The number of rotatable bonds is 1. The van der Waals surface area contributed by atoms with E-state index in [2.05, 4.69) is 21.2 Å². The third-order valence-corrected chi connectivity index (χ3v) is 2.00. The molecule has 2 rings (SSSR count). The first-order valence-corrected chi connectivity index (χ1v) is 4.76. The highest BCUT2D eigenvalue weighted by Gasteiger charge is 2.07. The van der Waals surface area contributed by atoms with Crippen LogP contribution in [0.15, 0.2) is 35.3 Å². The number of amides is 1. The molecule has 0 unspecified atom stereocenters.